The number of aromatic amines is 1. The molecule has 0 bridgehead atoms. The monoisotopic (exact) mass is 505 g/mol. The Morgan fingerprint density at radius 1 is 1.00 bits per heavy atom. The first-order valence-electron chi connectivity index (χ1n) is 12.0. The highest BCUT2D eigenvalue weighted by Gasteiger charge is 2.26. The Morgan fingerprint density at radius 3 is 2.51 bits per heavy atom. The summed E-state index contributed by atoms with van der Waals surface area (Å²) >= 11 is 0. The number of benzene rings is 2. The molecule has 4 aromatic rings. The molecular formula is C27H25F2N5O3. The summed E-state index contributed by atoms with van der Waals surface area (Å²) < 4.78 is 35.0. The highest BCUT2D eigenvalue weighted by Crippen LogP contribution is 2.23. The van der Waals surface area contributed by atoms with Crippen LogP contribution < -0.4 is 15.2 Å². The van der Waals surface area contributed by atoms with Crippen molar-refractivity contribution in [3.8, 4) is 5.88 Å². The Kier molecular flexibility index (Phi) is 6.80. The zero-order chi connectivity index (χ0) is 25.9. The highest BCUT2D eigenvalue weighted by molar-refractivity contribution is 5.95. The van der Waals surface area contributed by atoms with E-state index in [2.05, 4.69) is 15.2 Å². The number of nitrogens with zero attached hydrogens (tertiary/aromatic N) is 4. The third-order valence-corrected chi connectivity index (χ3v) is 6.39. The number of hydrogen-bond donors (Lipinski definition) is 1. The van der Waals surface area contributed by atoms with Crippen molar-refractivity contribution in [2.24, 2.45) is 0 Å². The number of aromatic nitrogens is 3. The van der Waals surface area contributed by atoms with E-state index in [0.29, 0.717) is 55.1 Å². The molecule has 2 aromatic carbocycles. The first-order chi connectivity index (χ1) is 17.9. The smallest absolute Gasteiger partial charge is 0.272 e. The number of carbonyl (C=O) groups excluding carboxylic acids is 1. The van der Waals surface area contributed by atoms with Gasteiger partial charge in [0.05, 0.1) is 23.3 Å². The molecule has 0 aliphatic carbocycles. The molecule has 0 atom stereocenters. The molecule has 0 spiro atoms. The summed E-state index contributed by atoms with van der Waals surface area (Å²) in [6, 6.07) is 14.3. The highest BCUT2D eigenvalue weighted by atomic mass is 19.1. The van der Waals surface area contributed by atoms with Gasteiger partial charge in [-0.2, -0.15) is 10.1 Å². The number of piperazine rings is 1. The molecule has 1 saturated heterocycles. The van der Waals surface area contributed by atoms with Gasteiger partial charge in [0.1, 0.15) is 17.5 Å². The van der Waals surface area contributed by atoms with Gasteiger partial charge in [-0.3, -0.25) is 9.59 Å². The molecule has 0 unspecified atom stereocenters. The van der Waals surface area contributed by atoms with Gasteiger partial charge in [-0.25, -0.2) is 13.9 Å². The maximum Gasteiger partial charge on any atom is 0.272 e. The summed E-state index contributed by atoms with van der Waals surface area (Å²) in [7, 11) is 0. The molecular weight excluding hydrogens is 480 g/mol. The molecule has 0 radical (unpaired) electrons. The molecule has 1 N–H and O–H groups in total. The van der Waals surface area contributed by atoms with Crippen LogP contribution in [0.5, 0.6) is 5.88 Å². The number of H-pyrrole nitrogens is 1. The van der Waals surface area contributed by atoms with Gasteiger partial charge in [0.25, 0.3) is 11.5 Å². The summed E-state index contributed by atoms with van der Waals surface area (Å²) in [4.78, 5) is 33.4. The quantitative estimate of drug-likeness (QED) is 0.431. The van der Waals surface area contributed by atoms with E-state index in [9.17, 15) is 18.4 Å². The fourth-order valence-corrected chi connectivity index (χ4v) is 4.50. The van der Waals surface area contributed by atoms with E-state index in [1.54, 1.807) is 35.2 Å². The lowest BCUT2D eigenvalue weighted by Crippen LogP contribution is -2.49. The third kappa shape index (κ3) is 5.00. The van der Waals surface area contributed by atoms with Gasteiger partial charge in [0, 0.05) is 50.1 Å². The predicted molar refractivity (Wildman–Crippen MR) is 135 cm³/mol. The third-order valence-electron chi connectivity index (χ3n) is 6.39. The van der Waals surface area contributed by atoms with E-state index in [0.717, 1.165) is 11.9 Å². The van der Waals surface area contributed by atoms with Crippen LogP contribution >= 0.6 is 0 Å². The Balaban J connectivity index is 1.34. The zero-order valence-electron chi connectivity index (χ0n) is 20.2. The van der Waals surface area contributed by atoms with Crippen molar-refractivity contribution in [1.29, 1.82) is 0 Å². The summed E-state index contributed by atoms with van der Waals surface area (Å²) in [5.74, 6) is -0.929. The molecule has 2 aromatic heterocycles. The number of carbonyl (C=O) groups is 1. The summed E-state index contributed by atoms with van der Waals surface area (Å²) in [6.45, 7) is 4.14. The molecule has 3 heterocycles. The lowest BCUT2D eigenvalue weighted by atomic mass is 10.0. The molecule has 10 heteroatoms. The Labute approximate surface area is 211 Å². The van der Waals surface area contributed by atoms with Gasteiger partial charge < -0.3 is 14.5 Å². The number of hydrogen-bond acceptors (Lipinski definition) is 6. The van der Waals surface area contributed by atoms with Crippen LogP contribution in [0.4, 0.5) is 14.6 Å². The molecule has 0 saturated carbocycles. The van der Waals surface area contributed by atoms with Crippen LogP contribution in [0.25, 0.3) is 10.8 Å². The van der Waals surface area contributed by atoms with E-state index < -0.39 is 17.5 Å². The maximum atomic E-state index is 14.8. The molecule has 1 fully saturated rings. The van der Waals surface area contributed by atoms with Crippen LogP contribution in [-0.4, -0.2) is 58.8 Å². The SMILES string of the molecule is CCOc1cccc(N2CCN(C(=O)c3cc(Cc4n[nH]c(=O)c5ccccc45)c(F)cc3F)CC2)n1. The van der Waals surface area contributed by atoms with Crippen molar-refractivity contribution in [3.63, 3.8) is 0 Å². The van der Waals surface area contributed by atoms with Crippen LogP contribution in [0.2, 0.25) is 0 Å². The average molecular weight is 506 g/mol. The largest absolute Gasteiger partial charge is 0.478 e. The first kappa shape index (κ1) is 24.4. The Morgan fingerprint density at radius 2 is 1.76 bits per heavy atom. The van der Waals surface area contributed by atoms with Gasteiger partial charge in [0.15, 0.2) is 0 Å². The first-order valence-corrected chi connectivity index (χ1v) is 12.0. The zero-order valence-corrected chi connectivity index (χ0v) is 20.2. The minimum absolute atomic E-state index is 0.0146. The topological polar surface area (TPSA) is 91.4 Å². The van der Waals surface area contributed by atoms with E-state index in [-0.39, 0.29) is 23.1 Å². The number of nitrogens with one attached hydrogen (secondary N) is 1. The summed E-state index contributed by atoms with van der Waals surface area (Å²) in [5.41, 5.74) is -0.0108. The standard InChI is InChI=1S/C27H25F2N5O3/c1-2-37-25-9-5-8-24(30-25)33-10-12-34(13-11-33)27(36)20-14-17(21(28)16-22(20)29)15-23-18-6-3-4-7-19(18)26(35)32-31-23/h3-9,14,16H,2,10-13,15H2,1H3,(H,32,35). The van der Waals surface area contributed by atoms with Crippen LogP contribution in [-0.2, 0) is 6.42 Å². The Bertz CT molecular complexity index is 1520. The van der Waals surface area contributed by atoms with E-state index in [4.69, 9.17) is 4.74 Å². The second-order valence-electron chi connectivity index (χ2n) is 8.69. The molecule has 190 valence electrons. The van der Waals surface area contributed by atoms with Crippen molar-refractivity contribution >= 4 is 22.5 Å². The molecule has 5 rings (SSSR count). The fraction of sp³-hybridized carbons (Fsp3) is 0.259. The summed E-state index contributed by atoms with van der Waals surface area (Å²) in [5, 5.41) is 7.48. The average Bonchev–Trinajstić information content (AvgIpc) is 2.92. The molecule has 1 aliphatic rings. The number of ether oxygens (including phenoxy) is 1. The van der Waals surface area contributed by atoms with Crippen LogP contribution in [0, 0.1) is 11.6 Å². The minimum Gasteiger partial charge on any atom is -0.478 e. The normalized spacial score (nSPS) is 13.7. The van der Waals surface area contributed by atoms with Gasteiger partial charge in [0.2, 0.25) is 5.88 Å². The second-order valence-corrected chi connectivity index (χ2v) is 8.69. The molecule has 37 heavy (non-hydrogen) atoms. The molecule has 8 nitrogen and oxygen atoms in total. The van der Waals surface area contributed by atoms with Crippen molar-refractivity contribution in [2.45, 2.75) is 13.3 Å². The maximum absolute atomic E-state index is 14.8. The molecule has 1 amide bonds. The predicted octanol–water partition coefficient (Wildman–Crippen LogP) is 3.55. The van der Waals surface area contributed by atoms with E-state index >= 15 is 0 Å². The number of fused-ring (bicyclic) bond motifs is 1. The van der Waals surface area contributed by atoms with Crippen molar-refractivity contribution in [2.75, 3.05) is 37.7 Å². The molecule has 1 aliphatic heterocycles. The number of rotatable bonds is 6. The van der Waals surface area contributed by atoms with Crippen molar-refractivity contribution < 1.29 is 18.3 Å². The summed E-state index contributed by atoms with van der Waals surface area (Å²) in [6.07, 6.45) is -0.0146. The van der Waals surface area contributed by atoms with Crippen LogP contribution in [0.15, 0.2) is 59.4 Å². The van der Waals surface area contributed by atoms with Gasteiger partial charge in [-0.05, 0) is 30.7 Å². The van der Waals surface area contributed by atoms with Crippen LogP contribution in [0.3, 0.4) is 0 Å². The number of halogens is 2. The number of anilines is 1. The van der Waals surface area contributed by atoms with Gasteiger partial charge >= 0.3 is 0 Å². The van der Waals surface area contributed by atoms with Crippen molar-refractivity contribution in [3.05, 3.63) is 93.4 Å². The minimum atomic E-state index is -0.918. The van der Waals surface area contributed by atoms with Crippen molar-refractivity contribution in [1.82, 2.24) is 20.1 Å². The number of amides is 1. The van der Waals surface area contributed by atoms with E-state index in [1.807, 2.05) is 24.0 Å². The number of pyridine rings is 1. The Hall–Kier alpha value is -4.34. The lowest BCUT2D eigenvalue weighted by molar-refractivity contribution is 0.0741. The second kappa shape index (κ2) is 10.3. The van der Waals surface area contributed by atoms with Gasteiger partial charge in [-0.15, -0.1) is 0 Å². The van der Waals surface area contributed by atoms with Gasteiger partial charge in [-0.1, -0.05) is 24.3 Å². The van der Waals surface area contributed by atoms with Crippen LogP contribution in [0.1, 0.15) is 28.5 Å². The lowest BCUT2D eigenvalue weighted by Gasteiger charge is -2.35. The van der Waals surface area contributed by atoms with E-state index in [1.165, 1.54) is 6.07 Å². The fourth-order valence-electron chi connectivity index (χ4n) is 4.50.